The van der Waals surface area contributed by atoms with Crippen LogP contribution in [0.1, 0.15) is 20.8 Å². The molecule has 1 atom stereocenters. The van der Waals surface area contributed by atoms with Crippen LogP contribution in [0.15, 0.2) is 32.3 Å². The summed E-state index contributed by atoms with van der Waals surface area (Å²) in [6.45, 7) is 6.85. The zero-order chi connectivity index (χ0) is 18.4. The fourth-order valence-electron chi connectivity index (χ4n) is 3.09. The van der Waals surface area contributed by atoms with Crippen molar-refractivity contribution >= 4 is 27.0 Å². The Bertz CT molecular complexity index is 960. The van der Waals surface area contributed by atoms with E-state index in [-0.39, 0.29) is 22.9 Å². The molecule has 1 aromatic heterocycles. The van der Waals surface area contributed by atoms with Crippen molar-refractivity contribution in [3.63, 3.8) is 0 Å². The molecule has 1 aliphatic rings. The van der Waals surface area contributed by atoms with E-state index in [2.05, 4.69) is 4.98 Å². The summed E-state index contributed by atoms with van der Waals surface area (Å²) >= 11 is 0. The number of carbonyl (C=O) groups is 1. The standard InChI is InChI=1S/C16H21N3O5S/c1-10(2)9-18-6-7-19(11(3)15(18)20)25(22,23)12-4-5-14-13(8-12)17-16(21)24-14/h4-5,8,10-11H,6-7,9H2,1-3H3,(H,17,21). The Morgan fingerprint density at radius 2 is 2.00 bits per heavy atom. The van der Waals surface area contributed by atoms with Gasteiger partial charge in [-0.05, 0) is 31.0 Å². The van der Waals surface area contributed by atoms with Gasteiger partial charge in [0.25, 0.3) is 0 Å². The molecule has 2 heterocycles. The number of benzene rings is 1. The Morgan fingerprint density at radius 3 is 2.68 bits per heavy atom. The van der Waals surface area contributed by atoms with Crippen LogP contribution < -0.4 is 5.76 Å². The molecule has 0 spiro atoms. The highest BCUT2D eigenvalue weighted by molar-refractivity contribution is 7.89. The fraction of sp³-hybridized carbons (Fsp3) is 0.500. The second-order valence-corrected chi connectivity index (χ2v) is 8.53. The number of carbonyl (C=O) groups excluding carboxylic acids is 1. The van der Waals surface area contributed by atoms with E-state index in [1.54, 1.807) is 11.8 Å². The largest absolute Gasteiger partial charge is 0.417 e. The van der Waals surface area contributed by atoms with Crippen LogP contribution in [-0.4, -0.2) is 54.2 Å². The maximum absolute atomic E-state index is 13.0. The highest BCUT2D eigenvalue weighted by atomic mass is 32.2. The minimum atomic E-state index is -3.86. The van der Waals surface area contributed by atoms with E-state index in [0.29, 0.717) is 24.5 Å². The predicted molar refractivity (Wildman–Crippen MR) is 91.6 cm³/mol. The van der Waals surface area contributed by atoms with Gasteiger partial charge in [-0.2, -0.15) is 4.31 Å². The molecule has 25 heavy (non-hydrogen) atoms. The van der Waals surface area contributed by atoms with Crippen LogP contribution >= 0.6 is 0 Å². The van der Waals surface area contributed by atoms with E-state index in [9.17, 15) is 18.0 Å². The maximum atomic E-state index is 13.0. The summed E-state index contributed by atoms with van der Waals surface area (Å²) < 4.78 is 32.0. The van der Waals surface area contributed by atoms with Crippen molar-refractivity contribution < 1.29 is 17.6 Å². The van der Waals surface area contributed by atoms with Gasteiger partial charge in [0.15, 0.2) is 5.58 Å². The molecule has 8 nitrogen and oxygen atoms in total. The smallest absolute Gasteiger partial charge is 0.408 e. The van der Waals surface area contributed by atoms with Crippen molar-refractivity contribution in [2.75, 3.05) is 19.6 Å². The molecule has 0 saturated carbocycles. The van der Waals surface area contributed by atoms with Gasteiger partial charge in [0.2, 0.25) is 15.9 Å². The van der Waals surface area contributed by atoms with Crippen molar-refractivity contribution in [2.24, 2.45) is 5.92 Å². The third-order valence-electron chi connectivity index (χ3n) is 4.27. The van der Waals surface area contributed by atoms with E-state index in [0.717, 1.165) is 0 Å². The van der Waals surface area contributed by atoms with Crippen LogP contribution in [0, 0.1) is 5.92 Å². The molecule has 0 radical (unpaired) electrons. The second-order valence-electron chi connectivity index (χ2n) is 6.64. The van der Waals surface area contributed by atoms with E-state index < -0.39 is 21.8 Å². The molecule has 1 fully saturated rings. The number of rotatable bonds is 4. The van der Waals surface area contributed by atoms with Crippen molar-refractivity contribution in [1.29, 1.82) is 0 Å². The number of aromatic amines is 1. The summed E-state index contributed by atoms with van der Waals surface area (Å²) in [6, 6.07) is 3.40. The Labute approximate surface area is 145 Å². The third kappa shape index (κ3) is 3.21. The topological polar surface area (TPSA) is 104 Å². The summed E-state index contributed by atoms with van der Waals surface area (Å²) in [5.41, 5.74) is 0.596. The zero-order valence-electron chi connectivity index (χ0n) is 14.4. The first-order valence-corrected chi connectivity index (χ1v) is 9.57. The number of H-pyrrole nitrogens is 1. The number of oxazole rings is 1. The van der Waals surface area contributed by atoms with Crippen LogP contribution in [-0.2, 0) is 14.8 Å². The molecule has 1 aliphatic heterocycles. The van der Waals surface area contributed by atoms with Gasteiger partial charge in [0, 0.05) is 19.6 Å². The Hall–Kier alpha value is -2.13. The number of fused-ring (bicyclic) bond motifs is 1. The summed E-state index contributed by atoms with van der Waals surface area (Å²) in [5, 5.41) is 0. The van der Waals surface area contributed by atoms with E-state index in [4.69, 9.17) is 4.42 Å². The van der Waals surface area contributed by atoms with Crippen LogP contribution in [0.4, 0.5) is 0 Å². The highest BCUT2D eigenvalue weighted by Crippen LogP contribution is 2.24. The first-order valence-electron chi connectivity index (χ1n) is 8.13. The normalized spacial score (nSPS) is 19.9. The Kier molecular flexibility index (Phi) is 4.46. The number of aromatic nitrogens is 1. The van der Waals surface area contributed by atoms with Crippen LogP contribution in [0.25, 0.3) is 11.1 Å². The van der Waals surface area contributed by atoms with Crippen LogP contribution in [0.2, 0.25) is 0 Å². The lowest BCUT2D eigenvalue weighted by Crippen LogP contribution is -2.57. The SMILES string of the molecule is CC(C)CN1CCN(S(=O)(=O)c2ccc3oc(=O)[nH]c3c2)C(C)C1=O. The predicted octanol–water partition coefficient (Wildman–Crippen LogP) is 0.998. The average molecular weight is 367 g/mol. The van der Waals surface area contributed by atoms with Gasteiger partial charge in [-0.25, -0.2) is 13.2 Å². The minimum absolute atomic E-state index is 0.0222. The van der Waals surface area contributed by atoms with Crippen molar-refractivity contribution in [1.82, 2.24) is 14.2 Å². The Morgan fingerprint density at radius 1 is 1.28 bits per heavy atom. The first kappa shape index (κ1) is 17.7. The van der Waals surface area contributed by atoms with Gasteiger partial charge < -0.3 is 9.32 Å². The molecule has 2 aromatic rings. The van der Waals surface area contributed by atoms with Gasteiger partial charge in [-0.3, -0.25) is 9.78 Å². The summed E-state index contributed by atoms with van der Waals surface area (Å²) in [4.78, 5) is 27.9. The molecular weight excluding hydrogens is 346 g/mol. The molecule has 1 unspecified atom stereocenters. The van der Waals surface area contributed by atoms with E-state index >= 15 is 0 Å². The van der Waals surface area contributed by atoms with Crippen LogP contribution in [0.3, 0.4) is 0 Å². The van der Waals surface area contributed by atoms with Gasteiger partial charge in [0.1, 0.15) is 6.04 Å². The first-order chi connectivity index (χ1) is 11.7. The van der Waals surface area contributed by atoms with Gasteiger partial charge in [-0.15, -0.1) is 0 Å². The lowest BCUT2D eigenvalue weighted by atomic mass is 10.1. The molecule has 1 N–H and O–H groups in total. The monoisotopic (exact) mass is 367 g/mol. The number of sulfonamides is 1. The quantitative estimate of drug-likeness (QED) is 0.868. The second kappa shape index (κ2) is 6.30. The lowest BCUT2D eigenvalue weighted by Gasteiger charge is -2.38. The number of nitrogens with one attached hydrogen (secondary N) is 1. The van der Waals surface area contributed by atoms with Crippen molar-refractivity contribution in [3.05, 3.63) is 28.7 Å². The van der Waals surface area contributed by atoms with E-state index in [1.165, 1.54) is 22.5 Å². The molecule has 0 bridgehead atoms. The highest BCUT2D eigenvalue weighted by Gasteiger charge is 2.39. The average Bonchev–Trinajstić information content (AvgIpc) is 2.90. The number of piperazine rings is 1. The molecule has 9 heteroatoms. The molecule has 1 aromatic carbocycles. The van der Waals surface area contributed by atoms with E-state index in [1.807, 2.05) is 13.8 Å². The molecule has 3 rings (SSSR count). The number of hydrogen-bond acceptors (Lipinski definition) is 5. The molecule has 1 saturated heterocycles. The molecule has 136 valence electrons. The Balaban J connectivity index is 1.91. The maximum Gasteiger partial charge on any atom is 0.417 e. The molecule has 0 aliphatic carbocycles. The number of hydrogen-bond donors (Lipinski definition) is 1. The number of amides is 1. The third-order valence-corrected chi connectivity index (χ3v) is 6.24. The minimum Gasteiger partial charge on any atom is -0.408 e. The summed E-state index contributed by atoms with van der Waals surface area (Å²) in [7, 11) is -3.86. The van der Waals surface area contributed by atoms with Gasteiger partial charge in [-0.1, -0.05) is 13.8 Å². The fourth-order valence-corrected chi connectivity index (χ4v) is 4.69. The van der Waals surface area contributed by atoms with Gasteiger partial charge in [0.05, 0.1) is 10.4 Å². The summed E-state index contributed by atoms with van der Waals surface area (Å²) in [6.07, 6.45) is 0. The zero-order valence-corrected chi connectivity index (χ0v) is 15.2. The number of nitrogens with zero attached hydrogens (tertiary/aromatic N) is 2. The molecule has 1 amide bonds. The van der Waals surface area contributed by atoms with Crippen molar-refractivity contribution in [2.45, 2.75) is 31.7 Å². The van der Waals surface area contributed by atoms with Crippen molar-refractivity contribution in [3.8, 4) is 0 Å². The summed E-state index contributed by atoms with van der Waals surface area (Å²) in [5.74, 6) is -0.517. The lowest BCUT2D eigenvalue weighted by molar-refractivity contribution is -0.138. The van der Waals surface area contributed by atoms with Crippen LogP contribution in [0.5, 0.6) is 0 Å². The van der Waals surface area contributed by atoms with Gasteiger partial charge >= 0.3 is 5.76 Å². The molecular formula is C16H21N3O5S.